The number of aryl methyl sites for hydroxylation is 1. The van der Waals surface area contributed by atoms with Gasteiger partial charge in [-0.05, 0) is 38.4 Å². The maximum absolute atomic E-state index is 6.57. The van der Waals surface area contributed by atoms with Crippen molar-refractivity contribution in [1.29, 1.82) is 0 Å². The fourth-order valence-corrected chi connectivity index (χ4v) is 3.27. The first-order valence-electron chi connectivity index (χ1n) is 7.72. The fourth-order valence-electron chi connectivity index (χ4n) is 2.97. The van der Waals surface area contributed by atoms with Gasteiger partial charge in [-0.25, -0.2) is 4.68 Å². The van der Waals surface area contributed by atoms with Crippen LogP contribution in [0.15, 0.2) is 30.3 Å². The molecule has 0 saturated carbocycles. The largest absolute Gasteiger partial charge is 0.299 e. The van der Waals surface area contributed by atoms with Crippen LogP contribution in [0.25, 0.3) is 0 Å². The smallest absolute Gasteiger partial charge is 0.132 e. The highest BCUT2D eigenvalue weighted by atomic mass is 35.5. The second-order valence-corrected chi connectivity index (χ2v) is 6.19. The quantitative estimate of drug-likeness (QED) is 0.854. The normalized spacial score (nSPS) is 16.3. The van der Waals surface area contributed by atoms with Gasteiger partial charge < -0.3 is 0 Å². The minimum absolute atomic E-state index is 0.737. The number of halogens is 1. The number of piperidine rings is 1. The third-order valence-corrected chi connectivity index (χ3v) is 4.61. The summed E-state index contributed by atoms with van der Waals surface area (Å²) in [6.45, 7) is 6.09. The van der Waals surface area contributed by atoms with E-state index in [2.05, 4.69) is 29.1 Å². The Hall–Kier alpha value is -1.32. The van der Waals surface area contributed by atoms with Gasteiger partial charge in [-0.2, -0.15) is 5.10 Å². The molecule has 112 valence electrons. The standard InChI is InChI=1S/C17H22ClN3/c1-14-16(13-20-10-6-3-7-11-20)17(18)21(19-14)12-15-8-4-2-5-9-15/h2,4-5,8-9H,3,6-7,10-13H2,1H3. The van der Waals surface area contributed by atoms with E-state index in [1.165, 1.54) is 43.5 Å². The molecule has 1 saturated heterocycles. The van der Waals surface area contributed by atoms with Crippen molar-refractivity contribution in [1.82, 2.24) is 14.7 Å². The lowest BCUT2D eigenvalue weighted by molar-refractivity contribution is 0.220. The van der Waals surface area contributed by atoms with Gasteiger partial charge in [0.25, 0.3) is 0 Å². The Morgan fingerprint density at radius 3 is 2.48 bits per heavy atom. The van der Waals surface area contributed by atoms with Crippen LogP contribution in [0.3, 0.4) is 0 Å². The van der Waals surface area contributed by atoms with Gasteiger partial charge in [-0.1, -0.05) is 48.4 Å². The number of rotatable bonds is 4. The maximum Gasteiger partial charge on any atom is 0.132 e. The predicted molar refractivity (Wildman–Crippen MR) is 86.6 cm³/mol. The van der Waals surface area contributed by atoms with E-state index in [1.54, 1.807) is 0 Å². The summed E-state index contributed by atoms with van der Waals surface area (Å²) in [5.74, 6) is 0. The molecule has 1 fully saturated rings. The molecule has 0 amide bonds. The van der Waals surface area contributed by atoms with Crippen LogP contribution in [-0.2, 0) is 13.1 Å². The van der Waals surface area contributed by atoms with Crippen LogP contribution >= 0.6 is 11.6 Å². The van der Waals surface area contributed by atoms with Crippen LogP contribution in [0, 0.1) is 6.92 Å². The molecule has 3 nitrogen and oxygen atoms in total. The van der Waals surface area contributed by atoms with Crippen LogP contribution in [0.5, 0.6) is 0 Å². The Morgan fingerprint density at radius 2 is 1.76 bits per heavy atom. The average molecular weight is 304 g/mol. The Morgan fingerprint density at radius 1 is 1.05 bits per heavy atom. The molecule has 4 heteroatoms. The molecule has 1 aliphatic heterocycles. The fraction of sp³-hybridized carbons (Fsp3) is 0.471. The van der Waals surface area contributed by atoms with E-state index < -0.39 is 0 Å². The highest BCUT2D eigenvalue weighted by Gasteiger charge is 2.18. The number of nitrogens with zero attached hydrogens (tertiary/aromatic N) is 3. The Kier molecular flexibility index (Phi) is 4.61. The van der Waals surface area contributed by atoms with E-state index in [0.29, 0.717) is 0 Å². The summed E-state index contributed by atoms with van der Waals surface area (Å²) in [5, 5.41) is 5.42. The van der Waals surface area contributed by atoms with Crippen molar-refractivity contribution in [2.24, 2.45) is 0 Å². The molecule has 0 atom stereocenters. The zero-order valence-electron chi connectivity index (χ0n) is 12.6. The average Bonchev–Trinajstić information content (AvgIpc) is 2.77. The van der Waals surface area contributed by atoms with E-state index in [4.69, 9.17) is 11.6 Å². The highest BCUT2D eigenvalue weighted by molar-refractivity contribution is 6.30. The summed E-state index contributed by atoms with van der Waals surface area (Å²) in [6.07, 6.45) is 3.96. The summed E-state index contributed by atoms with van der Waals surface area (Å²) in [7, 11) is 0. The molecular weight excluding hydrogens is 282 g/mol. The summed E-state index contributed by atoms with van der Waals surface area (Å²) in [4.78, 5) is 2.49. The van der Waals surface area contributed by atoms with E-state index in [1.807, 2.05) is 22.9 Å². The second kappa shape index (κ2) is 6.63. The Labute approximate surface area is 131 Å². The zero-order chi connectivity index (χ0) is 14.7. The van der Waals surface area contributed by atoms with Crippen molar-refractivity contribution in [3.8, 4) is 0 Å². The van der Waals surface area contributed by atoms with Gasteiger partial charge in [0.1, 0.15) is 5.15 Å². The molecule has 0 radical (unpaired) electrons. The van der Waals surface area contributed by atoms with Gasteiger partial charge in [0.2, 0.25) is 0 Å². The Balaban J connectivity index is 1.76. The van der Waals surface area contributed by atoms with Gasteiger partial charge in [0, 0.05) is 12.1 Å². The van der Waals surface area contributed by atoms with Crippen molar-refractivity contribution in [2.75, 3.05) is 13.1 Å². The number of hydrogen-bond donors (Lipinski definition) is 0. The lowest BCUT2D eigenvalue weighted by Gasteiger charge is -2.26. The van der Waals surface area contributed by atoms with E-state index in [9.17, 15) is 0 Å². The van der Waals surface area contributed by atoms with Crippen LogP contribution < -0.4 is 0 Å². The van der Waals surface area contributed by atoms with E-state index >= 15 is 0 Å². The zero-order valence-corrected chi connectivity index (χ0v) is 13.3. The third-order valence-electron chi connectivity index (χ3n) is 4.19. The van der Waals surface area contributed by atoms with E-state index in [0.717, 1.165) is 23.9 Å². The van der Waals surface area contributed by atoms with Gasteiger partial charge in [-0.15, -0.1) is 0 Å². The summed E-state index contributed by atoms with van der Waals surface area (Å²) in [6, 6.07) is 10.3. The molecule has 0 aliphatic carbocycles. The third kappa shape index (κ3) is 3.47. The first kappa shape index (κ1) is 14.6. The lowest BCUT2D eigenvalue weighted by Crippen LogP contribution is -2.29. The molecule has 3 rings (SSSR count). The topological polar surface area (TPSA) is 21.1 Å². The van der Waals surface area contributed by atoms with Crippen molar-refractivity contribution >= 4 is 11.6 Å². The molecule has 2 aromatic rings. The van der Waals surface area contributed by atoms with Crippen LogP contribution in [0.1, 0.15) is 36.1 Å². The number of aromatic nitrogens is 2. The highest BCUT2D eigenvalue weighted by Crippen LogP contribution is 2.24. The summed E-state index contributed by atoms with van der Waals surface area (Å²) < 4.78 is 1.92. The van der Waals surface area contributed by atoms with Crippen molar-refractivity contribution < 1.29 is 0 Å². The molecule has 1 aromatic carbocycles. The first-order chi connectivity index (χ1) is 10.2. The molecule has 21 heavy (non-hydrogen) atoms. The van der Waals surface area contributed by atoms with Crippen LogP contribution in [-0.4, -0.2) is 27.8 Å². The molecule has 0 spiro atoms. The monoisotopic (exact) mass is 303 g/mol. The van der Waals surface area contributed by atoms with Crippen molar-refractivity contribution in [2.45, 2.75) is 39.3 Å². The Bertz CT molecular complexity index is 586. The molecule has 1 aliphatic rings. The minimum atomic E-state index is 0.737. The van der Waals surface area contributed by atoms with Crippen molar-refractivity contribution in [3.05, 3.63) is 52.3 Å². The predicted octanol–water partition coefficient (Wildman–Crippen LogP) is 3.88. The molecule has 0 N–H and O–H groups in total. The molecule has 1 aromatic heterocycles. The number of hydrogen-bond acceptors (Lipinski definition) is 2. The van der Waals surface area contributed by atoms with Gasteiger partial charge in [0.15, 0.2) is 0 Å². The first-order valence-corrected chi connectivity index (χ1v) is 8.10. The summed E-state index contributed by atoms with van der Waals surface area (Å²) in [5.41, 5.74) is 3.47. The minimum Gasteiger partial charge on any atom is -0.299 e. The molecule has 2 heterocycles. The molecule has 0 unspecified atom stereocenters. The molecular formula is C17H22ClN3. The lowest BCUT2D eigenvalue weighted by atomic mass is 10.1. The van der Waals surface area contributed by atoms with Gasteiger partial charge in [-0.3, -0.25) is 4.90 Å². The maximum atomic E-state index is 6.57. The number of likely N-dealkylation sites (tertiary alicyclic amines) is 1. The van der Waals surface area contributed by atoms with Gasteiger partial charge in [0.05, 0.1) is 12.2 Å². The van der Waals surface area contributed by atoms with E-state index in [-0.39, 0.29) is 0 Å². The second-order valence-electron chi connectivity index (χ2n) is 5.83. The summed E-state index contributed by atoms with van der Waals surface area (Å²) >= 11 is 6.57. The van der Waals surface area contributed by atoms with Crippen LogP contribution in [0.4, 0.5) is 0 Å². The molecule has 0 bridgehead atoms. The van der Waals surface area contributed by atoms with Crippen LogP contribution in [0.2, 0.25) is 5.15 Å². The van der Waals surface area contributed by atoms with Crippen molar-refractivity contribution in [3.63, 3.8) is 0 Å². The SMILES string of the molecule is Cc1nn(Cc2ccccc2)c(Cl)c1CN1CCCCC1. The van der Waals surface area contributed by atoms with Gasteiger partial charge >= 0.3 is 0 Å². The number of benzene rings is 1.